The molecule has 6 nitrogen and oxygen atoms in total. The maximum absolute atomic E-state index is 11.5. The summed E-state index contributed by atoms with van der Waals surface area (Å²) in [4.78, 5) is 16.4. The van der Waals surface area contributed by atoms with E-state index in [9.17, 15) is 4.79 Å². The number of aryl methyl sites for hydroxylation is 1. The summed E-state index contributed by atoms with van der Waals surface area (Å²) >= 11 is 0. The van der Waals surface area contributed by atoms with Gasteiger partial charge in [-0.3, -0.25) is 9.69 Å². The molecule has 1 fully saturated rings. The lowest BCUT2D eigenvalue weighted by atomic mass is 10.00. The second-order valence-electron chi connectivity index (χ2n) is 8.02. The zero-order chi connectivity index (χ0) is 20.3. The van der Waals surface area contributed by atoms with Crippen molar-refractivity contribution in [3.8, 4) is 11.5 Å². The largest absolute Gasteiger partial charge is 0.454 e. The Hall–Kier alpha value is -2.70. The van der Waals surface area contributed by atoms with Crippen molar-refractivity contribution in [2.75, 3.05) is 49.7 Å². The molecule has 1 N–H and O–H groups in total. The smallest absolute Gasteiger partial charge is 0.231 e. The molecule has 0 atom stereocenters. The molecule has 5 rings (SSSR count). The van der Waals surface area contributed by atoms with Gasteiger partial charge in [-0.1, -0.05) is 18.2 Å². The first-order valence-corrected chi connectivity index (χ1v) is 10.7. The highest BCUT2D eigenvalue weighted by atomic mass is 35.5. The van der Waals surface area contributed by atoms with Crippen LogP contribution >= 0.6 is 12.4 Å². The van der Waals surface area contributed by atoms with Gasteiger partial charge in [0.1, 0.15) is 0 Å². The number of hydrogen-bond acceptors (Lipinski definition) is 5. The minimum atomic E-state index is 0. The lowest BCUT2D eigenvalue weighted by Crippen LogP contribution is -2.46. The fourth-order valence-electron chi connectivity index (χ4n) is 4.30. The quantitative estimate of drug-likeness (QED) is 0.761. The monoisotopic (exact) mass is 441 g/mol. The highest BCUT2D eigenvalue weighted by Gasteiger charge is 2.20. The topological polar surface area (TPSA) is 54.0 Å². The van der Waals surface area contributed by atoms with E-state index in [4.69, 9.17) is 9.47 Å². The number of carbonyl (C=O) groups is 1. The van der Waals surface area contributed by atoms with Crippen LogP contribution in [-0.4, -0.2) is 50.3 Å². The summed E-state index contributed by atoms with van der Waals surface area (Å²) in [5.74, 6) is 1.81. The van der Waals surface area contributed by atoms with Crippen LogP contribution in [0.15, 0.2) is 42.5 Å². The molecule has 7 heteroatoms. The second-order valence-corrected chi connectivity index (χ2v) is 8.02. The van der Waals surface area contributed by atoms with Gasteiger partial charge in [-0.15, -0.1) is 12.4 Å². The van der Waals surface area contributed by atoms with Crippen LogP contribution in [0.25, 0.3) is 6.08 Å². The van der Waals surface area contributed by atoms with Crippen LogP contribution in [0.2, 0.25) is 0 Å². The number of amides is 1. The van der Waals surface area contributed by atoms with Gasteiger partial charge in [-0.05, 0) is 48.2 Å². The molecule has 0 aliphatic carbocycles. The van der Waals surface area contributed by atoms with Crippen molar-refractivity contribution in [2.24, 2.45) is 0 Å². The molecule has 1 saturated heterocycles. The average Bonchev–Trinajstić information content (AvgIpc) is 3.25. The van der Waals surface area contributed by atoms with Crippen LogP contribution in [0.1, 0.15) is 24.0 Å². The van der Waals surface area contributed by atoms with Gasteiger partial charge in [0, 0.05) is 56.6 Å². The second kappa shape index (κ2) is 9.62. The minimum absolute atomic E-state index is 0. The Bertz CT molecular complexity index is 971. The zero-order valence-corrected chi connectivity index (χ0v) is 18.3. The Morgan fingerprint density at radius 2 is 1.81 bits per heavy atom. The number of rotatable bonds is 5. The zero-order valence-electron chi connectivity index (χ0n) is 17.5. The van der Waals surface area contributed by atoms with Gasteiger partial charge in [0.2, 0.25) is 12.7 Å². The van der Waals surface area contributed by atoms with Crippen LogP contribution in [-0.2, 0) is 11.2 Å². The summed E-state index contributed by atoms with van der Waals surface area (Å²) in [6.45, 7) is 5.59. The summed E-state index contributed by atoms with van der Waals surface area (Å²) in [6, 6.07) is 12.5. The van der Waals surface area contributed by atoms with Crippen molar-refractivity contribution in [2.45, 2.75) is 19.3 Å². The van der Waals surface area contributed by atoms with Crippen LogP contribution < -0.4 is 19.7 Å². The first kappa shape index (κ1) is 21.5. The molecule has 0 bridgehead atoms. The van der Waals surface area contributed by atoms with Crippen molar-refractivity contribution < 1.29 is 14.3 Å². The molecular formula is C24H28ClN3O3. The SMILES string of the molecule is Cl.O=C1CCc2cc(/C=C/CCN3CCN(c4ccc5c(c4)OCO5)CC3)ccc2N1. The van der Waals surface area contributed by atoms with Crippen molar-refractivity contribution in [3.05, 3.63) is 53.6 Å². The van der Waals surface area contributed by atoms with Crippen LogP contribution in [0.3, 0.4) is 0 Å². The van der Waals surface area contributed by atoms with Crippen molar-refractivity contribution >= 4 is 35.8 Å². The molecule has 0 spiro atoms. The Kier molecular flexibility index (Phi) is 6.68. The molecule has 0 aromatic heterocycles. The molecule has 1 amide bonds. The van der Waals surface area contributed by atoms with Gasteiger partial charge in [-0.25, -0.2) is 0 Å². The first-order chi connectivity index (χ1) is 14.7. The molecule has 3 aliphatic heterocycles. The van der Waals surface area contributed by atoms with E-state index >= 15 is 0 Å². The number of ether oxygens (including phenoxy) is 2. The van der Waals surface area contributed by atoms with Gasteiger partial charge in [0.25, 0.3) is 0 Å². The summed E-state index contributed by atoms with van der Waals surface area (Å²) in [5, 5.41) is 2.94. The average molecular weight is 442 g/mol. The number of hydrogen-bond donors (Lipinski definition) is 1. The summed E-state index contributed by atoms with van der Waals surface area (Å²) in [5.41, 5.74) is 4.61. The van der Waals surface area contributed by atoms with Crippen LogP contribution in [0, 0.1) is 0 Å². The first-order valence-electron chi connectivity index (χ1n) is 10.7. The highest BCUT2D eigenvalue weighted by Crippen LogP contribution is 2.35. The molecule has 2 aromatic carbocycles. The molecule has 164 valence electrons. The van der Waals surface area contributed by atoms with E-state index in [2.05, 4.69) is 51.5 Å². The Morgan fingerprint density at radius 3 is 2.68 bits per heavy atom. The molecule has 3 aliphatic rings. The van der Waals surface area contributed by atoms with Crippen LogP contribution in [0.5, 0.6) is 11.5 Å². The van der Waals surface area contributed by atoms with E-state index in [1.807, 2.05) is 12.1 Å². The third kappa shape index (κ3) is 4.97. The molecule has 2 aromatic rings. The van der Waals surface area contributed by atoms with Crippen LogP contribution in [0.4, 0.5) is 11.4 Å². The summed E-state index contributed by atoms with van der Waals surface area (Å²) < 4.78 is 10.9. The highest BCUT2D eigenvalue weighted by molar-refractivity contribution is 5.94. The number of carbonyl (C=O) groups excluding carboxylic acids is 1. The summed E-state index contributed by atoms with van der Waals surface area (Å²) in [7, 11) is 0. The van der Waals surface area contributed by atoms with Gasteiger partial charge in [0.05, 0.1) is 0 Å². The number of fused-ring (bicyclic) bond motifs is 2. The summed E-state index contributed by atoms with van der Waals surface area (Å²) in [6.07, 6.45) is 6.90. The standard InChI is InChI=1S/C24H27N3O3.ClH/c28-24-9-5-19-15-18(4-7-21(19)25-24)3-1-2-10-26-11-13-27(14-12-26)20-6-8-22-23(16-20)30-17-29-22;/h1,3-4,6-8,15-16H,2,5,9-14,17H2,(H,25,28);1H/b3-1+;. The Labute approximate surface area is 189 Å². The number of nitrogens with one attached hydrogen (secondary N) is 1. The van der Waals surface area contributed by atoms with E-state index in [0.29, 0.717) is 13.2 Å². The maximum atomic E-state index is 11.5. The predicted molar refractivity (Wildman–Crippen MR) is 126 cm³/mol. The van der Waals surface area contributed by atoms with Gasteiger partial charge in [-0.2, -0.15) is 0 Å². The van der Waals surface area contributed by atoms with Crippen molar-refractivity contribution in [3.63, 3.8) is 0 Å². The van der Waals surface area contributed by atoms with E-state index in [1.54, 1.807) is 0 Å². The maximum Gasteiger partial charge on any atom is 0.231 e. The molecule has 0 radical (unpaired) electrons. The number of anilines is 2. The fraction of sp³-hybridized carbons (Fsp3) is 0.375. The van der Waals surface area contributed by atoms with E-state index in [-0.39, 0.29) is 18.3 Å². The third-order valence-corrected chi connectivity index (χ3v) is 6.04. The minimum Gasteiger partial charge on any atom is -0.454 e. The fourth-order valence-corrected chi connectivity index (χ4v) is 4.30. The normalized spacial score (nSPS) is 17.9. The Balaban J connectivity index is 0.00000231. The molecule has 0 saturated carbocycles. The number of piperazine rings is 1. The third-order valence-electron chi connectivity index (χ3n) is 6.04. The number of benzene rings is 2. The molecule has 31 heavy (non-hydrogen) atoms. The van der Waals surface area contributed by atoms with E-state index < -0.39 is 0 Å². The lowest BCUT2D eigenvalue weighted by Gasteiger charge is -2.36. The van der Waals surface area contributed by atoms with Gasteiger partial charge in [0.15, 0.2) is 11.5 Å². The number of nitrogens with zero attached hydrogens (tertiary/aromatic N) is 2. The predicted octanol–water partition coefficient (Wildman–Crippen LogP) is 3.95. The van der Waals surface area contributed by atoms with Gasteiger partial charge < -0.3 is 19.7 Å². The molecule has 0 unspecified atom stereocenters. The van der Waals surface area contributed by atoms with Crippen molar-refractivity contribution in [1.29, 1.82) is 0 Å². The molecule has 3 heterocycles. The van der Waals surface area contributed by atoms with Gasteiger partial charge >= 0.3 is 0 Å². The lowest BCUT2D eigenvalue weighted by molar-refractivity contribution is -0.116. The van der Waals surface area contributed by atoms with E-state index in [1.165, 1.54) is 16.8 Å². The Morgan fingerprint density at radius 1 is 0.968 bits per heavy atom. The molecular weight excluding hydrogens is 414 g/mol. The number of halogens is 1. The van der Waals surface area contributed by atoms with Crippen molar-refractivity contribution in [1.82, 2.24) is 4.90 Å². The van der Waals surface area contributed by atoms with E-state index in [0.717, 1.165) is 62.8 Å².